The number of hydrogen-bond donors (Lipinski definition) is 1. The highest BCUT2D eigenvalue weighted by Crippen LogP contribution is 2.25. The lowest BCUT2D eigenvalue weighted by atomic mass is 10.0. The lowest BCUT2D eigenvalue weighted by Crippen LogP contribution is -2.39. The molecule has 0 saturated carbocycles. The van der Waals surface area contributed by atoms with Crippen molar-refractivity contribution in [3.63, 3.8) is 0 Å². The molecule has 2 aromatic rings. The van der Waals surface area contributed by atoms with Crippen molar-refractivity contribution in [3.8, 4) is 0 Å². The number of aryl methyl sites for hydroxylation is 1. The zero-order valence-electron chi connectivity index (χ0n) is 14.9. The van der Waals surface area contributed by atoms with Crippen molar-refractivity contribution in [2.24, 2.45) is 0 Å². The second-order valence-electron chi connectivity index (χ2n) is 6.54. The number of benzene rings is 1. The van der Waals surface area contributed by atoms with Crippen LogP contribution in [0.3, 0.4) is 0 Å². The number of nitrogens with zero attached hydrogens (tertiary/aromatic N) is 3. The van der Waals surface area contributed by atoms with E-state index in [0.717, 1.165) is 31.6 Å². The summed E-state index contributed by atoms with van der Waals surface area (Å²) in [7, 11) is -3.73. The van der Waals surface area contributed by atoms with E-state index in [0.29, 0.717) is 16.6 Å². The minimum Gasteiger partial charge on any atom is -0.352 e. The van der Waals surface area contributed by atoms with Crippen LogP contribution in [0.4, 0.5) is 11.6 Å². The first-order valence-electron chi connectivity index (χ1n) is 8.80. The van der Waals surface area contributed by atoms with Gasteiger partial charge in [-0.05, 0) is 68.5 Å². The van der Waals surface area contributed by atoms with Crippen molar-refractivity contribution in [1.82, 2.24) is 10.2 Å². The maximum Gasteiger partial charge on any atom is 0.263 e. The van der Waals surface area contributed by atoms with E-state index in [2.05, 4.69) is 26.7 Å². The number of anilines is 2. The average molecular weight is 395 g/mol. The molecule has 1 N–H and O–H groups in total. The highest BCUT2D eigenvalue weighted by Gasteiger charge is 2.22. The van der Waals surface area contributed by atoms with Crippen molar-refractivity contribution in [2.45, 2.75) is 50.5 Å². The molecule has 1 atom stereocenters. The molecule has 0 bridgehead atoms. The molecule has 1 fully saturated rings. The van der Waals surface area contributed by atoms with E-state index >= 15 is 0 Å². The molecule has 8 heteroatoms. The molecule has 0 radical (unpaired) electrons. The molecule has 6 nitrogen and oxygen atoms in total. The maximum absolute atomic E-state index is 12.5. The Bertz CT molecular complexity index is 871. The second kappa shape index (κ2) is 7.80. The van der Waals surface area contributed by atoms with Gasteiger partial charge >= 0.3 is 0 Å². The van der Waals surface area contributed by atoms with Gasteiger partial charge in [0.15, 0.2) is 11.6 Å². The van der Waals surface area contributed by atoms with Gasteiger partial charge in [0.05, 0.1) is 4.90 Å². The quantitative estimate of drug-likeness (QED) is 0.829. The molecule has 1 saturated heterocycles. The topological polar surface area (TPSA) is 75.2 Å². The Morgan fingerprint density at radius 3 is 2.69 bits per heavy atom. The third-order valence-corrected chi connectivity index (χ3v) is 6.50. The van der Waals surface area contributed by atoms with Gasteiger partial charge in [-0.15, -0.1) is 10.2 Å². The Balaban J connectivity index is 1.77. The number of sulfonamides is 1. The van der Waals surface area contributed by atoms with Crippen LogP contribution in [-0.2, 0) is 10.0 Å². The van der Waals surface area contributed by atoms with Gasteiger partial charge in [0.2, 0.25) is 0 Å². The minimum absolute atomic E-state index is 0.146. The summed E-state index contributed by atoms with van der Waals surface area (Å²) < 4.78 is 27.5. The van der Waals surface area contributed by atoms with Gasteiger partial charge in [-0.2, -0.15) is 0 Å². The molecule has 1 aromatic carbocycles. The third kappa shape index (κ3) is 4.10. The van der Waals surface area contributed by atoms with Crippen LogP contribution in [-0.4, -0.2) is 31.2 Å². The van der Waals surface area contributed by atoms with Crippen molar-refractivity contribution in [2.75, 3.05) is 16.2 Å². The number of aromatic nitrogens is 2. The fraction of sp³-hybridized carbons (Fsp3) is 0.444. The number of piperidine rings is 1. The van der Waals surface area contributed by atoms with Crippen molar-refractivity contribution >= 4 is 33.3 Å². The molecule has 0 amide bonds. The average Bonchev–Trinajstić information content (AvgIpc) is 2.64. The molecule has 26 heavy (non-hydrogen) atoms. The maximum atomic E-state index is 12.5. The highest BCUT2D eigenvalue weighted by atomic mass is 35.5. The largest absolute Gasteiger partial charge is 0.352 e. The molecule has 1 unspecified atom stereocenters. The number of nitrogens with one attached hydrogen (secondary N) is 1. The van der Waals surface area contributed by atoms with Crippen LogP contribution in [0.2, 0.25) is 5.02 Å². The molecule has 1 aliphatic rings. The molecule has 3 rings (SSSR count). The Labute approximate surface area is 159 Å². The van der Waals surface area contributed by atoms with Crippen molar-refractivity contribution in [1.29, 1.82) is 0 Å². The number of rotatable bonds is 5. The van der Waals surface area contributed by atoms with E-state index in [1.54, 1.807) is 19.1 Å². The Morgan fingerprint density at radius 2 is 2.04 bits per heavy atom. The van der Waals surface area contributed by atoms with Crippen LogP contribution in [0, 0.1) is 6.92 Å². The first kappa shape index (κ1) is 18.9. The smallest absolute Gasteiger partial charge is 0.263 e. The summed E-state index contributed by atoms with van der Waals surface area (Å²) in [5.74, 6) is 0.994. The van der Waals surface area contributed by atoms with Gasteiger partial charge in [0, 0.05) is 17.6 Å². The molecule has 0 spiro atoms. The van der Waals surface area contributed by atoms with Crippen LogP contribution >= 0.6 is 11.6 Å². The summed E-state index contributed by atoms with van der Waals surface area (Å²) in [5, 5.41) is 8.83. The van der Waals surface area contributed by atoms with Gasteiger partial charge in [-0.3, -0.25) is 4.72 Å². The van der Waals surface area contributed by atoms with E-state index in [1.165, 1.54) is 18.6 Å². The van der Waals surface area contributed by atoms with Gasteiger partial charge in [-0.25, -0.2) is 8.42 Å². The number of halogens is 1. The molecule has 140 valence electrons. The molecular weight excluding hydrogens is 372 g/mol. The zero-order valence-corrected chi connectivity index (χ0v) is 16.5. The highest BCUT2D eigenvalue weighted by molar-refractivity contribution is 7.92. The molecule has 0 aliphatic carbocycles. The lowest BCUT2D eigenvalue weighted by molar-refractivity contribution is 0.445. The lowest BCUT2D eigenvalue weighted by Gasteiger charge is -2.35. The van der Waals surface area contributed by atoms with Crippen LogP contribution in [0.1, 0.15) is 38.2 Å². The number of hydrogen-bond acceptors (Lipinski definition) is 5. The van der Waals surface area contributed by atoms with Crippen LogP contribution in [0.25, 0.3) is 0 Å². The second-order valence-corrected chi connectivity index (χ2v) is 8.63. The van der Waals surface area contributed by atoms with Gasteiger partial charge in [-0.1, -0.05) is 18.5 Å². The molecule has 1 aromatic heterocycles. The summed E-state index contributed by atoms with van der Waals surface area (Å²) in [6, 6.07) is 8.53. The Kier molecular flexibility index (Phi) is 5.67. The Hall–Kier alpha value is -1.86. The van der Waals surface area contributed by atoms with Gasteiger partial charge in [0.1, 0.15) is 0 Å². The fourth-order valence-corrected chi connectivity index (χ4v) is 4.44. The monoisotopic (exact) mass is 394 g/mol. The predicted octanol–water partition coefficient (Wildman–Crippen LogP) is 4.01. The van der Waals surface area contributed by atoms with E-state index in [9.17, 15) is 8.42 Å². The van der Waals surface area contributed by atoms with E-state index in [4.69, 9.17) is 11.6 Å². The summed E-state index contributed by atoms with van der Waals surface area (Å²) in [4.78, 5) is 2.41. The van der Waals surface area contributed by atoms with Crippen molar-refractivity contribution < 1.29 is 8.42 Å². The van der Waals surface area contributed by atoms with Crippen LogP contribution < -0.4 is 9.62 Å². The standard InChI is InChI=1S/C18H23ClN4O2S/c1-3-14-6-4-5-11-23(14)18-10-9-17(20-21-18)22-26(24,25)15-7-8-16(19)13(2)12-15/h7-10,12,14H,3-6,11H2,1-2H3,(H,20,22). The molecule has 1 aliphatic heterocycles. The van der Waals surface area contributed by atoms with Crippen LogP contribution in [0.5, 0.6) is 0 Å². The predicted molar refractivity (Wildman–Crippen MR) is 104 cm³/mol. The molecule has 2 heterocycles. The third-order valence-electron chi connectivity index (χ3n) is 4.72. The van der Waals surface area contributed by atoms with Crippen LogP contribution in [0.15, 0.2) is 35.2 Å². The van der Waals surface area contributed by atoms with E-state index < -0.39 is 10.0 Å². The van der Waals surface area contributed by atoms with Crippen molar-refractivity contribution in [3.05, 3.63) is 40.9 Å². The molecular formula is C18H23ClN4O2S. The summed E-state index contributed by atoms with van der Waals surface area (Å²) in [6.07, 6.45) is 4.60. The minimum atomic E-state index is -3.73. The summed E-state index contributed by atoms with van der Waals surface area (Å²) >= 11 is 5.96. The summed E-state index contributed by atoms with van der Waals surface area (Å²) in [6.45, 7) is 4.90. The SMILES string of the molecule is CCC1CCCCN1c1ccc(NS(=O)(=O)c2ccc(Cl)c(C)c2)nn1. The normalized spacial score (nSPS) is 18.0. The van der Waals surface area contributed by atoms with E-state index in [-0.39, 0.29) is 10.7 Å². The first-order chi connectivity index (χ1) is 12.4. The first-order valence-corrected chi connectivity index (χ1v) is 10.7. The Morgan fingerprint density at radius 1 is 1.23 bits per heavy atom. The van der Waals surface area contributed by atoms with Gasteiger partial charge in [0.25, 0.3) is 10.0 Å². The van der Waals surface area contributed by atoms with E-state index in [1.807, 2.05) is 6.07 Å². The fourth-order valence-electron chi connectivity index (χ4n) is 3.24. The van der Waals surface area contributed by atoms with Gasteiger partial charge < -0.3 is 4.90 Å². The zero-order chi connectivity index (χ0) is 18.7. The summed E-state index contributed by atoms with van der Waals surface area (Å²) in [5.41, 5.74) is 0.701.